The number of morpholine rings is 1. The Kier molecular flexibility index (Phi) is 7.12. The van der Waals surface area contributed by atoms with Crippen LogP contribution in [0.25, 0.3) is 10.9 Å². The number of hydrogen-bond donors (Lipinski definition) is 3. The predicted molar refractivity (Wildman–Crippen MR) is 113 cm³/mol. The van der Waals surface area contributed by atoms with E-state index in [9.17, 15) is 0 Å². The number of hydrogen-bond acceptors (Lipinski definition) is 3. The van der Waals surface area contributed by atoms with Crippen LogP contribution in [0, 0.1) is 12.8 Å². The van der Waals surface area contributed by atoms with Crippen molar-refractivity contribution in [2.45, 2.75) is 20.3 Å². The smallest absolute Gasteiger partial charge is 0.190 e. The van der Waals surface area contributed by atoms with E-state index in [0.29, 0.717) is 5.92 Å². The van der Waals surface area contributed by atoms with Crippen LogP contribution in [0.3, 0.4) is 0 Å². The monoisotopic (exact) mass is 371 g/mol. The quantitative estimate of drug-likeness (QED) is 0.515. The molecule has 6 nitrogen and oxygen atoms in total. The van der Waals surface area contributed by atoms with Crippen LogP contribution in [0.2, 0.25) is 0 Å². The van der Waals surface area contributed by atoms with Gasteiger partial charge in [0.05, 0.1) is 13.2 Å². The topological polar surface area (TPSA) is 64.7 Å². The molecule has 3 rings (SSSR count). The van der Waals surface area contributed by atoms with Crippen LogP contribution in [0.5, 0.6) is 0 Å². The first-order valence-electron chi connectivity index (χ1n) is 9.97. The molecule has 148 valence electrons. The van der Waals surface area contributed by atoms with E-state index in [1.54, 1.807) is 0 Å². The number of aromatic amines is 1. The first-order valence-corrected chi connectivity index (χ1v) is 9.97. The SMILES string of the molecule is CN=C(NCCc1c[nH]c2cccc(C)c12)NCC(C)CN1CCOCC1. The lowest BCUT2D eigenvalue weighted by atomic mass is 10.1. The zero-order valence-electron chi connectivity index (χ0n) is 16.8. The van der Waals surface area contributed by atoms with Gasteiger partial charge >= 0.3 is 0 Å². The van der Waals surface area contributed by atoms with Gasteiger partial charge in [0.15, 0.2) is 5.96 Å². The summed E-state index contributed by atoms with van der Waals surface area (Å²) >= 11 is 0. The molecule has 0 radical (unpaired) electrons. The molecule has 1 aliphatic rings. The zero-order valence-corrected chi connectivity index (χ0v) is 16.8. The molecule has 0 spiro atoms. The first kappa shape index (κ1) is 19.7. The fourth-order valence-electron chi connectivity index (χ4n) is 3.74. The van der Waals surface area contributed by atoms with E-state index in [1.807, 2.05) is 7.05 Å². The Morgan fingerprint density at radius 2 is 2.11 bits per heavy atom. The maximum absolute atomic E-state index is 5.42. The Labute approximate surface area is 162 Å². The minimum absolute atomic E-state index is 0.568. The van der Waals surface area contributed by atoms with Crippen molar-refractivity contribution in [3.8, 4) is 0 Å². The van der Waals surface area contributed by atoms with Crippen molar-refractivity contribution in [1.29, 1.82) is 0 Å². The fourth-order valence-corrected chi connectivity index (χ4v) is 3.74. The molecule has 2 heterocycles. The van der Waals surface area contributed by atoms with Gasteiger partial charge in [-0.2, -0.15) is 0 Å². The van der Waals surface area contributed by atoms with Gasteiger partial charge in [0, 0.05) is 56.9 Å². The van der Waals surface area contributed by atoms with Gasteiger partial charge in [0.1, 0.15) is 0 Å². The second-order valence-corrected chi connectivity index (χ2v) is 7.46. The highest BCUT2D eigenvalue weighted by atomic mass is 16.5. The van der Waals surface area contributed by atoms with Gasteiger partial charge < -0.3 is 20.4 Å². The Balaban J connectivity index is 1.42. The molecule has 1 aromatic heterocycles. The number of nitrogens with one attached hydrogen (secondary N) is 3. The molecule has 0 saturated carbocycles. The number of rotatable bonds is 7. The highest BCUT2D eigenvalue weighted by Gasteiger charge is 2.14. The molecule has 0 amide bonds. The van der Waals surface area contributed by atoms with Crippen LogP contribution in [0.15, 0.2) is 29.4 Å². The summed E-state index contributed by atoms with van der Waals surface area (Å²) in [6.45, 7) is 11.1. The van der Waals surface area contributed by atoms with Gasteiger partial charge in [0.2, 0.25) is 0 Å². The minimum Gasteiger partial charge on any atom is -0.379 e. The molecule has 0 bridgehead atoms. The molecule has 27 heavy (non-hydrogen) atoms. The lowest BCUT2D eigenvalue weighted by Gasteiger charge is -2.29. The number of guanidine groups is 1. The number of nitrogens with zero attached hydrogens (tertiary/aromatic N) is 2. The van der Waals surface area contributed by atoms with Gasteiger partial charge in [0.25, 0.3) is 0 Å². The first-order chi connectivity index (χ1) is 13.2. The second kappa shape index (κ2) is 9.76. The molecule has 1 aliphatic heterocycles. The third-order valence-corrected chi connectivity index (χ3v) is 5.20. The second-order valence-electron chi connectivity index (χ2n) is 7.46. The largest absolute Gasteiger partial charge is 0.379 e. The van der Waals surface area contributed by atoms with E-state index in [4.69, 9.17) is 4.74 Å². The lowest BCUT2D eigenvalue weighted by Crippen LogP contribution is -2.44. The van der Waals surface area contributed by atoms with Crippen LogP contribution >= 0.6 is 0 Å². The number of H-pyrrole nitrogens is 1. The molecular formula is C21H33N5O. The number of fused-ring (bicyclic) bond motifs is 1. The molecule has 1 aromatic carbocycles. The summed E-state index contributed by atoms with van der Waals surface area (Å²) in [6.07, 6.45) is 3.09. The molecule has 1 saturated heterocycles. The van der Waals surface area contributed by atoms with Crippen molar-refractivity contribution in [2.75, 3.05) is 53.0 Å². The number of aliphatic imine (C=N–C) groups is 1. The Morgan fingerprint density at radius 3 is 2.89 bits per heavy atom. The van der Waals surface area contributed by atoms with E-state index in [2.05, 4.69) is 63.8 Å². The van der Waals surface area contributed by atoms with E-state index in [1.165, 1.54) is 22.0 Å². The number of ether oxygens (including phenoxy) is 1. The predicted octanol–water partition coefficient (Wildman–Crippen LogP) is 2.15. The van der Waals surface area contributed by atoms with Crippen LogP contribution in [0.4, 0.5) is 0 Å². The van der Waals surface area contributed by atoms with Crippen molar-refractivity contribution < 1.29 is 4.74 Å². The summed E-state index contributed by atoms with van der Waals surface area (Å²) in [5, 5.41) is 8.25. The van der Waals surface area contributed by atoms with Crippen molar-refractivity contribution in [3.05, 3.63) is 35.5 Å². The number of aromatic nitrogens is 1. The summed E-state index contributed by atoms with van der Waals surface area (Å²) in [7, 11) is 1.83. The van der Waals surface area contributed by atoms with Gasteiger partial charge in [-0.3, -0.25) is 9.89 Å². The highest BCUT2D eigenvalue weighted by molar-refractivity contribution is 5.86. The molecule has 6 heteroatoms. The average Bonchev–Trinajstić information content (AvgIpc) is 3.10. The van der Waals surface area contributed by atoms with Crippen LogP contribution in [0.1, 0.15) is 18.1 Å². The third-order valence-electron chi connectivity index (χ3n) is 5.20. The summed E-state index contributed by atoms with van der Waals surface area (Å²) < 4.78 is 5.42. The normalized spacial score (nSPS) is 17.2. The van der Waals surface area contributed by atoms with E-state index in [-0.39, 0.29) is 0 Å². The van der Waals surface area contributed by atoms with Gasteiger partial charge in [-0.25, -0.2) is 0 Å². The minimum atomic E-state index is 0.568. The van der Waals surface area contributed by atoms with Crippen LogP contribution < -0.4 is 10.6 Å². The van der Waals surface area contributed by atoms with Crippen molar-refractivity contribution >= 4 is 16.9 Å². The van der Waals surface area contributed by atoms with Crippen LogP contribution in [-0.4, -0.2) is 68.8 Å². The molecule has 1 atom stereocenters. The van der Waals surface area contributed by atoms with E-state index < -0.39 is 0 Å². The van der Waals surface area contributed by atoms with E-state index in [0.717, 1.165) is 58.3 Å². The Morgan fingerprint density at radius 1 is 1.30 bits per heavy atom. The summed E-state index contributed by atoms with van der Waals surface area (Å²) in [6, 6.07) is 6.40. The Bertz CT molecular complexity index is 748. The maximum Gasteiger partial charge on any atom is 0.190 e. The molecular weight excluding hydrogens is 338 g/mol. The summed E-state index contributed by atoms with van der Waals surface area (Å²) in [5.41, 5.74) is 3.89. The summed E-state index contributed by atoms with van der Waals surface area (Å²) in [4.78, 5) is 10.2. The lowest BCUT2D eigenvalue weighted by molar-refractivity contribution is 0.0320. The standard InChI is InChI=1S/C21H33N5O/c1-16(15-26-9-11-27-12-10-26)13-25-21(22-3)23-8-7-18-14-24-19-6-4-5-17(2)20(18)19/h4-6,14,16,24H,7-13,15H2,1-3H3,(H2,22,23,25). The highest BCUT2D eigenvalue weighted by Crippen LogP contribution is 2.22. The van der Waals surface area contributed by atoms with Gasteiger partial charge in [-0.1, -0.05) is 19.1 Å². The fraction of sp³-hybridized carbons (Fsp3) is 0.571. The number of benzene rings is 1. The van der Waals surface area contributed by atoms with Crippen molar-refractivity contribution in [2.24, 2.45) is 10.9 Å². The maximum atomic E-state index is 5.42. The molecule has 0 aliphatic carbocycles. The van der Waals surface area contributed by atoms with Gasteiger partial charge in [-0.15, -0.1) is 0 Å². The van der Waals surface area contributed by atoms with Crippen molar-refractivity contribution in [1.82, 2.24) is 20.5 Å². The molecule has 3 N–H and O–H groups in total. The third kappa shape index (κ3) is 5.47. The zero-order chi connectivity index (χ0) is 19.1. The van der Waals surface area contributed by atoms with Gasteiger partial charge in [-0.05, 0) is 36.5 Å². The van der Waals surface area contributed by atoms with Crippen LogP contribution in [-0.2, 0) is 11.2 Å². The van der Waals surface area contributed by atoms with Crippen molar-refractivity contribution in [3.63, 3.8) is 0 Å². The molecule has 1 fully saturated rings. The Hall–Kier alpha value is -2.05. The summed E-state index contributed by atoms with van der Waals surface area (Å²) in [5.74, 6) is 1.44. The molecule has 1 unspecified atom stereocenters. The average molecular weight is 372 g/mol. The van der Waals surface area contributed by atoms with E-state index >= 15 is 0 Å². The number of aryl methyl sites for hydroxylation is 1. The molecule has 2 aromatic rings.